The molecule has 0 fully saturated rings. The quantitative estimate of drug-likeness (QED) is 0.881. The molecule has 19 heavy (non-hydrogen) atoms. The highest BCUT2D eigenvalue weighted by molar-refractivity contribution is 7.84. The lowest BCUT2D eigenvalue weighted by Crippen LogP contribution is -2.12. The van der Waals surface area contributed by atoms with Crippen LogP contribution in [-0.2, 0) is 10.8 Å². The molecular weight excluding hydrogens is 260 g/mol. The summed E-state index contributed by atoms with van der Waals surface area (Å²) in [6.07, 6.45) is 1.76. The molecule has 1 aromatic carbocycles. The van der Waals surface area contributed by atoms with Crippen molar-refractivity contribution >= 4 is 27.4 Å². The molecule has 4 nitrogen and oxygen atoms in total. The SMILES string of the molecule is CCS(=O)CCNc1nccc2cc(OC)ccc12. The van der Waals surface area contributed by atoms with Crippen LogP contribution in [0.5, 0.6) is 5.75 Å². The van der Waals surface area contributed by atoms with Gasteiger partial charge in [0.15, 0.2) is 0 Å². The van der Waals surface area contributed by atoms with Gasteiger partial charge in [0, 0.05) is 40.4 Å². The fourth-order valence-corrected chi connectivity index (χ4v) is 2.47. The standard InChI is InChI=1S/C14H18N2O2S/c1-3-19(17)9-8-16-14-13-5-4-12(18-2)10-11(13)6-7-15-14/h4-7,10H,3,8-9H2,1-2H3,(H,15,16). The molecule has 1 aromatic heterocycles. The molecule has 0 amide bonds. The van der Waals surface area contributed by atoms with Crippen LogP contribution in [0.1, 0.15) is 6.92 Å². The normalized spacial score (nSPS) is 12.3. The highest BCUT2D eigenvalue weighted by Gasteiger charge is 2.04. The summed E-state index contributed by atoms with van der Waals surface area (Å²) < 4.78 is 16.6. The lowest BCUT2D eigenvalue weighted by molar-refractivity contribution is 0.415. The van der Waals surface area contributed by atoms with E-state index in [1.54, 1.807) is 13.3 Å². The van der Waals surface area contributed by atoms with Crippen LogP contribution in [0.25, 0.3) is 10.8 Å². The Morgan fingerprint density at radius 3 is 2.95 bits per heavy atom. The van der Waals surface area contributed by atoms with Gasteiger partial charge in [0.1, 0.15) is 11.6 Å². The third-order valence-corrected chi connectivity index (χ3v) is 4.22. The summed E-state index contributed by atoms with van der Waals surface area (Å²) >= 11 is 0. The van der Waals surface area contributed by atoms with Gasteiger partial charge >= 0.3 is 0 Å². The van der Waals surface area contributed by atoms with Gasteiger partial charge in [-0.1, -0.05) is 6.92 Å². The largest absolute Gasteiger partial charge is 0.497 e. The van der Waals surface area contributed by atoms with E-state index in [-0.39, 0.29) is 0 Å². The van der Waals surface area contributed by atoms with E-state index in [9.17, 15) is 4.21 Å². The monoisotopic (exact) mass is 278 g/mol. The number of nitrogens with one attached hydrogen (secondary N) is 1. The second-order valence-electron chi connectivity index (χ2n) is 4.11. The van der Waals surface area contributed by atoms with E-state index < -0.39 is 10.8 Å². The molecule has 102 valence electrons. The van der Waals surface area contributed by atoms with Gasteiger partial charge in [-0.3, -0.25) is 4.21 Å². The Bertz CT molecular complexity index is 587. The number of ether oxygens (including phenoxy) is 1. The van der Waals surface area contributed by atoms with Crippen molar-refractivity contribution in [1.29, 1.82) is 0 Å². The molecule has 2 rings (SSSR count). The summed E-state index contributed by atoms with van der Waals surface area (Å²) in [5.41, 5.74) is 0. The van der Waals surface area contributed by atoms with Crippen molar-refractivity contribution in [2.45, 2.75) is 6.92 Å². The van der Waals surface area contributed by atoms with E-state index in [0.717, 1.165) is 22.3 Å². The highest BCUT2D eigenvalue weighted by Crippen LogP contribution is 2.25. The number of fused-ring (bicyclic) bond motifs is 1. The Kier molecular flexibility index (Phi) is 4.74. The van der Waals surface area contributed by atoms with Crippen LogP contribution >= 0.6 is 0 Å². The third-order valence-electron chi connectivity index (χ3n) is 2.92. The molecule has 2 aromatic rings. The van der Waals surface area contributed by atoms with Crippen molar-refractivity contribution < 1.29 is 8.95 Å². The number of anilines is 1. The first-order valence-electron chi connectivity index (χ1n) is 6.26. The number of benzene rings is 1. The van der Waals surface area contributed by atoms with Crippen LogP contribution in [0.4, 0.5) is 5.82 Å². The molecule has 0 aliphatic rings. The predicted molar refractivity (Wildman–Crippen MR) is 80.3 cm³/mol. The number of hydrogen-bond acceptors (Lipinski definition) is 4. The van der Waals surface area contributed by atoms with Gasteiger partial charge < -0.3 is 10.1 Å². The number of nitrogens with zero attached hydrogens (tertiary/aromatic N) is 1. The number of methoxy groups -OCH3 is 1. The van der Waals surface area contributed by atoms with Gasteiger partial charge in [-0.05, 0) is 29.7 Å². The minimum absolute atomic E-state index is 0.644. The minimum Gasteiger partial charge on any atom is -0.497 e. The third kappa shape index (κ3) is 3.44. The summed E-state index contributed by atoms with van der Waals surface area (Å²) in [4.78, 5) is 4.33. The Labute approximate surface area is 115 Å². The summed E-state index contributed by atoms with van der Waals surface area (Å²) in [5, 5.41) is 5.37. The van der Waals surface area contributed by atoms with Crippen LogP contribution in [0.2, 0.25) is 0 Å². The van der Waals surface area contributed by atoms with E-state index in [2.05, 4.69) is 10.3 Å². The summed E-state index contributed by atoms with van der Waals surface area (Å²) in [5.74, 6) is 3.00. The van der Waals surface area contributed by atoms with Crippen LogP contribution in [-0.4, -0.2) is 34.4 Å². The smallest absolute Gasteiger partial charge is 0.133 e. The fraction of sp³-hybridized carbons (Fsp3) is 0.357. The van der Waals surface area contributed by atoms with Gasteiger partial charge in [-0.15, -0.1) is 0 Å². The molecule has 0 spiro atoms. The molecule has 0 bridgehead atoms. The maximum absolute atomic E-state index is 11.4. The van der Waals surface area contributed by atoms with Gasteiger partial charge in [-0.2, -0.15) is 0 Å². The average molecular weight is 278 g/mol. The first-order chi connectivity index (χ1) is 9.24. The number of hydrogen-bond donors (Lipinski definition) is 1. The molecule has 1 N–H and O–H groups in total. The van der Waals surface area contributed by atoms with E-state index in [0.29, 0.717) is 18.1 Å². The molecule has 5 heteroatoms. The van der Waals surface area contributed by atoms with Crippen molar-refractivity contribution in [3.05, 3.63) is 30.5 Å². The van der Waals surface area contributed by atoms with Crippen molar-refractivity contribution in [1.82, 2.24) is 4.98 Å². The zero-order valence-electron chi connectivity index (χ0n) is 11.2. The highest BCUT2D eigenvalue weighted by atomic mass is 32.2. The van der Waals surface area contributed by atoms with E-state index in [4.69, 9.17) is 4.74 Å². The van der Waals surface area contributed by atoms with E-state index in [1.165, 1.54) is 0 Å². The van der Waals surface area contributed by atoms with Gasteiger partial charge in [0.05, 0.1) is 7.11 Å². The van der Waals surface area contributed by atoms with Gasteiger partial charge in [-0.25, -0.2) is 4.98 Å². The molecular formula is C14H18N2O2S. The molecule has 1 atom stereocenters. The summed E-state index contributed by atoms with van der Waals surface area (Å²) in [7, 11) is 0.905. The topological polar surface area (TPSA) is 51.2 Å². The molecule has 1 heterocycles. The van der Waals surface area contributed by atoms with Crippen molar-refractivity contribution in [3.8, 4) is 5.75 Å². The minimum atomic E-state index is -0.750. The lowest BCUT2D eigenvalue weighted by Gasteiger charge is -2.09. The lowest BCUT2D eigenvalue weighted by atomic mass is 10.1. The molecule has 0 aliphatic carbocycles. The fourth-order valence-electron chi connectivity index (χ4n) is 1.85. The van der Waals surface area contributed by atoms with E-state index in [1.807, 2.05) is 31.2 Å². The maximum Gasteiger partial charge on any atom is 0.133 e. The number of rotatable bonds is 6. The van der Waals surface area contributed by atoms with Crippen LogP contribution in [0.15, 0.2) is 30.5 Å². The summed E-state index contributed by atoms with van der Waals surface area (Å²) in [6.45, 7) is 2.59. The molecule has 0 radical (unpaired) electrons. The molecule has 1 unspecified atom stereocenters. The molecule has 0 saturated heterocycles. The van der Waals surface area contributed by atoms with Crippen LogP contribution in [0, 0.1) is 0 Å². The molecule has 0 aliphatic heterocycles. The Morgan fingerprint density at radius 1 is 1.37 bits per heavy atom. The second-order valence-corrected chi connectivity index (χ2v) is 5.97. The zero-order valence-corrected chi connectivity index (χ0v) is 12.0. The summed E-state index contributed by atoms with van der Waals surface area (Å²) in [6, 6.07) is 7.83. The van der Waals surface area contributed by atoms with E-state index >= 15 is 0 Å². The predicted octanol–water partition coefficient (Wildman–Crippen LogP) is 2.42. The average Bonchev–Trinajstić information content (AvgIpc) is 2.46. The van der Waals surface area contributed by atoms with Gasteiger partial charge in [0.2, 0.25) is 0 Å². The maximum atomic E-state index is 11.4. The Balaban J connectivity index is 2.17. The van der Waals surface area contributed by atoms with Crippen molar-refractivity contribution in [2.75, 3.05) is 30.5 Å². The number of aromatic nitrogens is 1. The van der Waals surface area contributed by atoms with Crippen molar-refractivity contribution in [2.24, 2.45) is 0 Å². The number of pyridine rings is 1. The first-order valence-corrected chi connectivity index (χ1v) is 7.75. The zero-order chi connectivity index (χ0) is 13.7. The second kappa shape index (κ2) is 6.52. The van der Waals surface area contributed by atoms with Crippen LogP contribution in [0.3, 0.4) is 0 Å². The Morgan fingerprint density at radius 2 is 2.21 bits per heavy atom. The van der Waals surface area contributed by atoms with Gasteiger partial charge in [0.25, 0.3) is 0 Å². The Hall–Kier alpha value is -1.62. The first kappa shape index (κ1) is 13.8. The van der Waals surface area contributed by atoms with Crippen molar-refractivity contribution in [3.63, 3.8) is 0 Å². The van der Waals surface area contributed by atoms with Crippen LogP contribution < -0.4 is 10.1 Å². The molecule has 0 saturated carbocycles.